The van der Waals surface area contributed by atoms with E-state index >= 15 is 0 Å². The molecule has 1 aliphatic rings. The van der Waals surface area contributed by atoms with Gasteiger partial charge in [0.15, 0.2) is 0 Å². The fraction of sp³-hybridized carbons (Fsp3) is 0.600. The van der Waals surface area contributed by atoms with Crippen LogP contribution >= 0.6 is 0 Å². The summed E-state index contributed by atoms with van der Waals surface area (Å²) < 4.78 is 5.36. The number of piperidine rings is 1. The molecule has 20 heavy (non-hydrogen) atoms. The van der Waals surface area contributed by atoms with Crippen molar-refractivity contribution in [3.8, 4) is 0 Å². The molecule has 1 N–H and O–H groups in total. The normalized spacial score (nSPS) is 16.7. The molecule has 1 aromatic rings. The third-order valence-electron chi connectivity index (χ3n) is 3.77. The van der Waals surface area contributed by atoms with Crippen LogP contribution in [-0.4, -0.2) is 42.4 Å². The lowest BCUT2D eigenvalue weighted by atomic mass is 10.1. The van der Waals surface area contributed by atoms with Gasteiger partial charge in [-0.25, -0.2) is 9.78 Å². The molecule has 0 saturated carbocycles. The fourth-order valence-corrected chi connectivity index (χ4v) is 2.44. The van der Waals surface area contributed by atoms with E-state index < -0.39 is 5.97 Å². The molecular formula is C15H22N2O3. The van der Waals surface area contributed by atoms with Gasteiger partial charge < -0.3 is 14.7 Å². The standard InChI is InChI=1S/C15H22N2O3/c1-10(2)13-8-11(15(18)19)9-14(16-13)17-6-4-12(20-3)5-7-17/h8-10,12H,4-7H2,1-3H3,(H,18,19). The molecule has 0 spiro atoms. The molecular weight excluding hydrogens is 256 g/mol. The highest BCUT2D eigenvalue weighted by atomic mass is 16.5. The summed E-state index contributed by atoms with van der Waals surface area (Å²) in [6, 6.07) is 3.33. The molecule has 2 rings (SSSR count). The Bertz CT molecular complexity index is 480. The van der Waals surface area contributed by atoms with Crippen molar-refractivity contribution in [2.75, 3.05) is 25.1 Å². The molecule has 0 atom stereocenters. The Kier molecular flexibility index (Phi) is 4.60. The minimum absolute atomic E-state index is 0.213. The van der Waals surface area contributed by atoms with Gasteiger partial charge >= 0.3 is 5.97 Å². The van der Waals surface area contributed by atoms with Crippen LogP contribution in [-0.2, 0) is 4.74 Å². The highest BCUT2D eigenvalue weighted by Gasteiger charge is 2.21. The van der Waals surface area contributed by atoms with Crippen molar-refractivity contribution in [3.63, 3.8) is 0 Å². The Labute approximate surface area is 119 Å². The number of carboxylic acids is 1. The maximum atomic E-state index is 11.2. The second-order valence-electron chi connectivity index (χ2n) is 5.52. The molecule has 0 aliphatic carbocycles. The van der Waals surface area contributed by atoms with E-state index in [-0.39, 0.29) is 5.92 Å². The van der Waals surface area contributed by atoms with E-state index in [4.69, 9.17) is 4.74 Å². The summed E-state index contributed by atoms with van der Waals surface area (Å²) in [6.45, 7) is 5.75. The SMILES string of the molecule is COC1CCN(c2cc(C(=O)O)cc(C(C)C)n2)CC1. The first-order chi connectivity index (χ1) is 9.51. The van der Waals surface area contributed by atoms with Gasteiger partial charge in [-0.15, -0.1) is 0 Å². The average molecular weight is 278 g/mol. The van der Waals surface area contributed by atoms with Gasteiger partial charge in [-0.2, -0.15) is 0 Å². The van der Waals surface area contributed by atoms with Crippen molar-refractivity contribution in [2.24, 2.45) is 0 Å². The van der Waals surface area contributed by atoms with Gasteiger partial charge in [0.1, 0.15) is 5.82 Å². The van der Waals surface area contributed by atoms with Crippen molar-refractivity contribution < 1.29 is 14.6 Å². The first-order valence-electron chi connectivity index (χ1n) is 7.04. The molecule has 1 fully saturated rings. The number of carbonyl (C=O) groups is 1. The summed E-state index contributed by atoms with van der Waals surface area (Å²) in [7, 11) is 1.74. The molecule has 0 radical (unpaired) electrons. The van der Waals surface area contributed by atoms with E-state index in [2.05, 4.69) is 9.88 Å². The molecule has 1 aromatic heterocycles. The number of carboxylic acid groups (broad SMARTS) is 1. The molecule has 0 aromatic carbocycles. The zero-order valence-corrected chi connectivity index (χ0v) is 12.3. The number of methoxy groups -OCH3 is 1. The summed E-state index contributed by atoms with van der Waals surface area (Å²) in [6.07, 6.45) is 2.21. The van der Waals surface area contributed by atoms with Crippen LogP contribution in [0.5, 0.6) is 0 Å². The number of pyridine rings is 1. The van der Waals surface area contributed by atoms with Crippen LogP contribution in [0.25, 0.3) is 0 Å². The van der Waals surface area contributed by atoms with Crippen molar-refractivity contribution in [3.05, 3.63) is 23.4 Å². The molecule has 0 unspecified atom stereocenters. The first kappa shape index (κ1) is 14.8. The van der Waals surface area contributed by atoms with Crippen molar-refractivity contribution in [1.29, 1.82) is 0 Å². The lowest BCUT2D eigenvalue weighted by molar-refractivity contribution is 0.0696. The number of rotatable bonds is 4. The number of nitrogens with zero attached hydrogens (tertiary/aromatic N) is 2. The molecule has 110 valence electrons. The van der Waals surface area contributed by atoms with Gasteiger partial charge in [0, 0.05) is 25.9 Å². The Balaban J connectivity index is 2.24. The van der Waals surface area contributed by atoms with Gasteiger partial charge in [0.25, 0.3) is 0 Å². The molecule has 1 saturated heterocycles. The highest BCUT2D eigenvalue weighted by molar-refractivity contribution is 5.88. The predicted octanol–water partition coefficient (Wildman–Crippen LogP) is 2.52. The summed E-state index contributed by atoms with van der Waals surface area (Å²) in [5, 5.41) is 9.23. The molecule has 0 bridgehead atoms. The third-order valence-corrected chi connectivity index (χ3v) is 3.77. The largest absolute Gasteiger partial charge is 0.478 e. The minimum Gasteiger partial charge on any atom is -0.478 e. The number of hydrogen-bond acceptors (Lipinski definition) is 4. The number of hydrogen-bond donors (Lipinski definition) is 1. The Hall–Kier alpha value is -1.62. The highest BCUT2D eigenvalue weighted by Crippen LogP contribution is 2.23. The topological polar surface area (TPSA) is 62.7 Å². The summed E-state index contributed by atoms with van der Waals surface area (Å²) in [5.74, 6) is 0.0787. The van der Waals surface area contributed by atoms with Gasteiger partial charge in [-0.1, -0.05) is 13.8 Å². The van der Waals surface area contributed by atoms with E-state index in [1.807, 2.05) is 13.8 Å². The first-order valence-corrected chi connectivity index (χ1v) is 7.04. The smallest absolute Gasteiger partial charge is 0.335 e. The number of aromatic carboxylic acids is 1. The Morgan fingerprint density at radius 2 is 2.05 bits per heavy atom. The van der Waals surface area contributed by atoms with Crippen molar-refractivity contribution in [2.45, 2.75) is 38.7 Å². The van der Waals surface area contributed by atoms with Crippen molar-refractivity contribution >= 4 is 11.8 Å². The van der Waals surface area contributed by atoms with Gasteiger partial charge in [-0.05, 0) is 30.9 Å². The van der Waals surface area contributed by atoms with E-state index in [0.717, 1.165) is 37.4 Å². The van der Waals surface area contributed by atoms with Crippen LogP contribution < -0.4 is 4.90 Å². The lowest BCUT2D eigenvalue weighted by Gasteiger charge is -2.32. The molecule has 5 heteroatoms. The van der Waals surface area contributed by atoms with Crippen LogP contribution in [0.1, 0.15) is 48.7 Å². The van der Waals surface area contributed by atoms with Gasteiger partial charge in [0.2, 0.25) is 0 Å². The van der Waals surface area contributed by atoms with Crippen LogP contribution in [0.15, 0.2) is 12.1 Å². The molecule has 1 aliphatic heterocycles. The molecule has 2 heterocycles. The third kappa shape index (κ3) is 3.28. The van der Waals surface area contributed by atoms with E-state index in [1.54, 1.807) is 19.2 Å². The van der Waals surface area contributed by atoms with Crippen LogP contribution in [0.4, 0.5) is 5.82 Å². The lowest BCUT2D eigenvalue weighted by Crippen LogP contribution is -2.37. The maximum absolute atomic E-state index is 11.2. The number of ether oxygens (including phenoxy) is 1. The van der Waals surface area contributed by atoms with E-state index in [0.29, 0.717) is 11.7 Å². The minimum atomic E-state index is -0.901. The zero-order chi connectivity index (χ0) is 14.7. The fourth-order valence-electron chi connectivity index (χ4n) is 2.44. The summed E-state index contributed by atoms with van der Waals surface area (Å²) in [5.41, 5.74) is 1.14. The number of anilines is 1. The van der Waals surface area contributed by atoms with Gasteiger partial charge in [-0.3, -0.25) is 0 Å². The van der Waals surface area contributed by atoms with E-state index in [9.17, 15) is 9.90 Å². The monoisotopic (exact) mass is 278 g/mol. The summed E-state index contributed by atoms with van der Waals surface area (Å²) >= 11 is 0. The Morgan fingerprint density at radius 3 is 2.55 bits per heavy atom. The Morgan fingerprint density at radius 1 is 1.40 bits per heavy atom. The predicted molar refractivity (Wildman–Crippen MR) is 77.5 cm³/mol. The number of aromatic nitrogens is 1. The van der Waals surface area contributed by atoms with Crippen molar-refractivity contribution in [1.82, 2.24) is 4.98 Å². The molecule has 0 amide bonds. The van der Waals surface area contributed by atoms with Gasteiger partial charge in [0.05, 0.1) is 11.7 Å². The maximum Gasteiger partial charge on any atom is 0.335 e. The van der Waals surface area contributed by atoms with Crippen LogP contribution in [0.2, 0.25) is 0 Å². The second-order valence-corrected chi connectivity index (χ2v) is 5.52. The van der Waals surface area contributed by atoms with Crippen LogP contribution in [0.3, 0.4) is 0 Å². The van der Waals surface area contributed by atoms with Crippen LogP contribution in [0, 0.1) is 0 Å². The zero-order valence-electron chi connectivity index (χ0n) is 12.3. The second kappa shape index (κ2) is 6.22. The quantitative estimate of drug-likeness (QED) is 0.917. The van der Waals surface area contributed by atoms with E-state index in [1.165, 1.54) is 0 Å². The average Bonchev–Trinajstić information content (AvgIpc) is 2.46. The summed E-state index contributed by atoms with van der Waals surface area (Å²) in [4.78, 5) is 18.0. The molecule has 5 nitrogen and oxygen atoms in total.